The maximum atomic E-state index is 5.84. The second-order valence-electron chi connectivity index (χ2n) is 5.12. The molecule has 104 valence electrons. The molecule has 1 aromatic heterocycles. The van der Waals surface area contributed by atoms with Crippen LogP contribution in [0.25, 0.3) is 0 Å². The molecule has 0 saturated heterocycles. The van der Waals surface area contributed by atoms with Gasteiger partial charge in [-0.15, -0.1) is 0 Å². The minimum Gasteiger partial charge on any atom is -0.487 e. The molecule has 1 heterocycles. The third-order valence-electron chi connectivity index (χ3n) is 2.74. The van der Waals surface area contributed by atoms with Gasteiger partial charge < -0.3 is 10.1 Å². The van der Waals surface area contributed by atoms with Crippen molar-refractivity contribution in [1.82, 2.24) is 15.1 Å². The van der Waals surface area contributed by atoms with E-state index in [1.54, 1.807) is 6.20 Å². The molecule has 0 spiro atoms. The molecule has 0 aliphatic rings. The van der Waals surface area contributed by atoms with Crippen LogP contribution in [0.1, 0.15) is 47.0 Å². The van der Waals surface area contributed by atoms with E-state index in [0.29, 0.717) is 6.04 Å². The third kappa shape index (κ3) is 6.05. The Morgan fingerprint density at radius 2 is 2.17 bits per heavy atom. The minimum absolute atomic E-state index is 0.248. The summed E-state index contributed by atoms with van der Waals surface area (Å²) < 4.78 is 7.77. The van der Waals surface area contributed by atoms with Crippen LogP contribution in [0.2, 0.25) is 0 Å². The maximum absolute atomic E-state index is 5.84. The monoisotopic (exact) mass is 253 g/mol. The molecule has 0 aliphatic heterocycles. The molecule has 0 bridgehead atoms. The van der Waals surface area contributed by atoms with Crippen molar-refractivity contribution < 1.29 is 4.74 Å². The predicted octanol–water partition coefficient (Wildman–Crippen LogP) is 2.84. The van der Waals surface area contributed by atoms with E-state index < -0.39 is 0 Å². The fourth-order valence-corrected chi connectivity index (χ4v) is 1.83. The number of aryl methyl sites for hydroxylation is 1. The molecule has 1 unspecified atom stereocenters. The lowest BCUT2D eigenvalue weighted by Gasteiger charge is -2.14. The van der Waals surface area contributed by atoms with Gasteiger partial charge in [0.2, 0.25) is 0 Å². The summed E-state index contributed by atoms with van der Waals surface area (Å²) in [7, 11) is 0. The fraction of sp³-hybridized carbons (Fsp3) is 0.786. The van der Waals surface area contributed by atoms with Gasteiger partial charge in [0.25, 0.3) is 0 Å². The molecule has 0 saturated carbocycles. The number of nitrogens with one attached hydrogen (secondary N) is 1. The highest BCUT2D eigenvalue weighted by atomic mass is 16.5. The molecule has 1 aromatic rings. The Bertz CT molecular complexity index is 323. The van der Waals surface area contributed by atoms with Gasteiger partial charge in [-0.2, -0.15) is 5.10 Å². The van der Waals surface area contributed by atoms with E-state index in [1.807, 2.05) is 10.9 Å². The summed E-state index contributed by atoms with van der Waals surface area (Å²) in [5, 5.41) is 7.67. The average Bonchev–Trinajstić information content (AvgIpc) is 2.72. The average molecular weight is 253 g/mol. The first-order valence-corrected chi connectivity index (χ1v) is 7.04. The summed E-state index contributed by atoms with van der Waals surface area (Å²) in [6.45, 7) is 10.6. The Hall–Kier alpha value is -1.03. The molecule has 1 atom stereocenters. The minimum atomic E-state index is 0.248. The van der Waals surface area contributed by atoms with Crippen LogP contribution in [-0.2, 0) is 6.54 Å². The lowest BCUT2D eigenvalue weighted by atomic mass is 10.2. The molecule has 1 rings (SSSR count). The highest BCUT2D eigenvalue weighted by Crippen LogP contribution is 2.13. The van der Waals surface area contributed by atoms with Crippen molar-refractivity contribution in [3.05, 3.63) is 12.4 Å². The molecule has 0 amide bonds. The van der Waals surface area contributed by atoms with Crippen molar-refractivity contribution >= 4 is 0 Å². The van der Waals surface area contributed by atoms with Gasteiger partial charge in [-0.1, -0.05) is 20.8 Å². The Morgan fingerprint density at radius 1 is 1.39 bits per heavy atom. The Labute approximate surface area is 111 Å². The van der Waals surface area contributed by atoms with E-state index in [-0.39, 0.29) is 6.10 Å². The zero-order valence-corrected chi connectivity index (χ0v) is 12.1. The first-order valence-electron chi connectivity index (χ1n) is 7.04. The molecule has 4 heteroatoms. The highest BCUT2D eigenvalue weighted by Gasteiger charge is 2.06. The third-order valence-corrected chi connectivity index (χ3v) is 2.74. The molecule has 1 N–H and O–H groups in total. The summed E-state index contributed by atoms with van der Waals surface area (Å²) >= 11 is 0. The quantitative estimate of drug-likeness (QED) is 0.688. The zero-order valence-electron chi connectivity index (χ0n) is 12.1. The number of aromatic nitrogens is 2. The van der Waals surface area contributed by atoms with Crippen LogP contribution in [0.5, 0.6) is 5.75 Å². The van der Waals surface area contributed by atoms with Crippen LogP contribution in [0, 0.1) is 0 Å². The summed E-state index contributed by atoms with van der Waals surface area (Å²) in [5.41, 5.74) is 0. The first-order chi connectivity index (χ1) is 8.61. The van der Waals surface area contributed by atoms with Gasteiger partial charge in [0, 0.05) is 12.6 Å². The predicted molar refractivity (Wildman–Crippen MR) is 75.0 cm³/mol. The topological polar surface area (TPSA) is 39.1 Å². The van der Waals surface area contributed by atoms with E-state index in [2.05, 4.69) is 38.1 Å². The normalized spacial score (nSPS) is 12.9. The number of nitrogens with zero attached hydrogens (tertiary/aromatic N) is 2. The Kier molecular flexibility index (Phi) is 6.80. The van der Waals surface area contributed by atoms with Gasteiger partial charge in [0.1, 0.15) is 0 Å². The SMILES string of the molecule is CCCn1cc(OC(C)CCCNC(C)C)cn1. The Morgan fingerprint density at radius 3 is 2.83 bits per heavy atom. The molecule has 0 radical (unpaired) electrons. The van der Waals surface area contributed by atoms with Crippen LogP contribution in [0.4, 0.5) is 0 Å². The Balaban J connectivity index is 2.20. The van der Waals surface area contributed by atoms with E-state index >= 15 is 0 Å². The maximum Gasteiger partial charge on any atom is 0.157 e. The summed E-state index contributed by atoms with van der Waals surface area (Å²) in [6, 6.07) is 0.563. The van der Waals surface area contributed by atoms with Gasteiger partial charge in [-0.3, -0.25) is 4.68 Å². The van der Waals surface area contributed by atoms with Gasteiger partial charge in [-0.25, -0.2) is 0 Å². The standard InChI is InChI=1S/C14H27N3O/c1-5-9-17-11-14(10-16-17)18-13(4)7-6-8-15-12(2)3/h10-13,15H,5-9H2,1-4H3. The molecule has 0 fully saturated rings. The van der Waals surface area contributed by atoms with E-state index in [1.165, 1.54) is 0 Å². The number of hydrogen-bond acceptors (Lipinski definition) is 3. The van der Waals surface area contributed by atoms with Gasteiger partial charge in [-0.05, 0) is 32.7 Å². The first kappa shape index (κ1) is 15.0. The van der Waals surface area contributed by atoms with Crippen molar-refractivity contribution in [3.63, 3.8) is 0 Å². The molecule has 0 aliphatic carbocycles. The van der Waals surface area contributed by atoms with Crippen LogP contribution >= 0.6 is 0 Å². The van der Waals surface area contributed by atoms with Gasteiger partial charge in [0.05, 0.1) is 18.5 Å². The number of rotatable bonds is 9. The molecule has 0 aromatic carbocycles. The summed E-state index contributed by atoms with van der Waals surface area (Å²) in [5.74, 6) is 0.882. The highest BCUT2D eigenvalue weighted by molar-refractivity contribution is 5.11. The summed E-state index contributed by atoms with van der Waals surface area (Å²) in [6.07, 6.45) is 7.34. The van der Waals surface area contributed by atoms with Crippen molar-refractivity contribution in [2.45, 2.75) is 65.6 Å². The molecule has 4 nitrogen and oxygen atoms in total. The molecule has 18 heavy (non-hydrogen) atoms. The zero-order chi connectivity index (χ0) is 13.4. The molecular formula is C14H27N3O. The van der Waals surface area contributed by atoms with Crippen molar-refractivity contribution in [3.8, 4) is 5.75 Å². The van der Waals surface area contributed by atoms with Crippen LogP contribution in [0.3, 0.4) is 0 Å². The van der Waals surface area contributed by atoms with E-state index in [0.717, 1.165) is 38.1 Å². The largest absolute Gasteiger partial charge is 0.487 e. The fourth-order valence-electron chi connectivity index (χ4n) is 1.83. The van der Waals surface area contributed by atoms with E-state index in [9.17, 15) is 0 Å². The van der Waals surface area contributed by atoms with Crippen LogP contribution in [-0.4, -0.2) is 28.5 Å². The number of ether oxygens (including phenoxy) is 1. The smallest absolute Gasteiger partial charge is 0.157 e. The lowest BCUT2D eigenvalue weighted by Crippen LogP contribution is -2.24. The van der Waals surface area contributed by atoms with Crippen molar-refractivity contribution in [2.75, 3.05) is 6.54 Å². The van der Waals surface area contributed by atoms with Gasteiger partial charge >= 0.3 is 0 Å². The summed E-state index contributed by atoms with van der Waals surface area (Å²) in [4.78, 5) is 0. The van der Waals surface area contributed by atoms with Crippen molar-refractivity contribution in [1.29, 1.82) is 0 Å². The van der Waals surface area contributed by atoms with Crippen LogP contribution in [0.15, 0.2) is 12.4 Å². The second-order valence-corrected chi connectivity index (χ2v) is 5.12. The second kappa shape index (κ2) is 8.14. The van der Waals surface area contributed by atoms with E-state index in [4.69, 9.17) is 4.74 Å². The molecular weight excluding hydrogens is 226 g/mol. The van der Waals surface area contributed by atoms with Crippen molar-refractivity contribution in [2.24, 2.45) is 0 Å². The van der Waals surface area contributed by atoms with Gasteiger partial charge in [0.15, 0.2) is 5.75 Å². The lowest BCUT2D eigenvalue weighted by molar-refractivity contribution is 0.207. The van der Waals surface area contributed by atoms with Crippen LogP contribution < -0.4 is 10.1 Å². The number of hydrogen-bond donors (Lipinski definition) is 1.